The molecule has 1 N–H and O–H groups in total. The average molecular weight is 363 g/mol. The molecule has 20 heavy (non-hydrogen) atoms. The van der Waals surface area contributed by atoms with Crippen molar-refractivity contribution in [2.75, 3.05) is 25.2 Å². The molecule has 1 heterocycles. The van der Waals surface area contributed by atoms with Gasteiger partial charge >= 0.3 is 0 Å². The standard InChI is InChI=1S/C14H17BrClNO3/c15-10-14(4-6-19-7-5-14)17-13(18)9-20-12-3-1-2-11(16)8-12/h1-3,8H,4-7,9-10H2,(H,17,18). The van der Waals surface area contributed by atoms with E-state index in [2.05, 4.69) is 21.2 Å². The molecule has 1 fully saturated rings. The van der Waals surface area contributed by atoms with Crippen molar-refractivity contribution in [2.24, 2.45) is 0 Å². The Morgan fingerprint density at radius 2 is 2.20 bits per heavy atom. The van der Waals surface area contributed by atoms with E-state index in [1.165, 1.54) is 0 Å². The first-order valence-corrected chi connectivity index (χ1v) is 7.97. The zero-order chi connectivity index (χ0) is 14.4. The van der Waals surface area contributed by atoms with Crippen LogP contribution in [0.5, 0.6) is 5.75 Å². The SMILES string of the molecule is O=C(COc1cccc(Cl)c1)NC1(CBr)CCOCC1. The molecule has 0 aliphatic carbocycles. The molecule has 0 unspecified atom stereocenters. The Kier molecular flexibility index (Phi) is 5.69. The van der Waals surface area contributed by atoms with Crippen LogP contribution in [-0.4, -0.2) is 36.6 Å². The first-order valence-electron chi connectivity index (χ1n) is 6.47. The van der Waals surface area contributed by atoms with Crippen LogP contribution in [-0.2, 0) is 9.53 Å². The third-order valence-corrected chi connectivity index (χ3v) is 4.58. The van der Waals surface area contributed by atoms with Crippen molar-refractivity contribution >= 4 is 33.4 Å². The topological polar surface area (TPSA) is 47.6 Å². The lowest BCUT2D eigenvalue weighted by molar-refractivity contribution is -0.125. The van der Waals surface area contributed by atoms with Gasteiger partial charge in [0.25, 0.3) is 5.91 Å². The Labute approximate surface area is 131 Å². The van der Waals surface area contributed by atoms with Crippen molar-refractivity contribution in [1.29, 1.82) is 0 Å². The fourth-order valence-electron chi connectivity index (χ4n) is 2.09. The fourth-order valence-corrected chi connectivity index (χ4v) is 2.97. The quantitative estimate of drug-likeness (QED) is 0.819. The predicted molar refractivity (Wildman–Crippen MR) is 81.7 cm³/mol. The molecule has 1 aromatic carbocycles. The number of halogens is 2. The lowest BCUT2D eigenvalue weighted by atomic mass is 9.92. The van der Waals surface area contributed by atoms with Crippen LogP contribution in [0, 0.1) is 0 Å². The van der Waals surface area contributed by atoms with E-state index in [4.69, 9.17) is 21.1 Å². The van der Waals surface area contributed by atoms with Gasteiger partial charge in [0.15, 0.2) is 6.61 Å². The number of ether oxygens (including phenoxy) is 2. The second-order valence-electron chi connectivity index (χ2n) is 4.82. The summed E-state index contributed by atoms with van der Waals surface area (Å²) in [6.07, 6.45) is 1.61. The van der Waals surface area contributed by atoms with Crippen LogP contribution in [0.3, 0.4) is 0 Å². The molecule has 1 aliphatic heterocycles. The minimum absolute atomic E-state index is 0.0179. The van der Waals surface area contributed by atoms with E-state index in [1.807, 2.05) is 0 Å². The van der Waals surface area contributed by atoms with Crippen LogP contribution in [0.4, 0.5) is 0 Å². The molecular weight excluding hydrogens is 346 g/mol. The minimum atomic E-state index is -0.229. The molecule has 6 heteroatoms. The van der Waals surface area contributed by atoms with Crippen molar-refractivity contribution in [3.8, 4) is 5.75 Å². The van der Waals surface area contributed by atoms with Gasteiger partial charge in [-0.3, -0.25) is 4.79 Å². The molecule has 110 valence electrons. The van der Waals surface area contributed by atoms with Gasteiger partial charge in [0.2, 0.25) is 0 Å². The van der Waals surface area contributed by atoms with Crippen molar-refractivity contribution in [3.63, 3.8) is 0 Å². The Bertz CT molecular complexity index is 463. The summed E-state index contributed by atoms with van der Waals surface area (Å²) in [5.41, 5.74) is -0.229. The van der Waals surface area contributed by atoms with Crippen LogP contribution in [0.2, 0.25) is 5.02 Å². The maximum absolute atomic E-state index is 12.0. The van der Waals surface area contributed by atoms with E-state index in [0.29, 0.717) is 29.3 Å². The monoisotopic (exact) mass is 361 g/mol. The molecule has 1 aliphatic rings. The molecule has 0 bridgehead atoms. The first-order chi connectivity index (χ1) is 9.63. The van der Waals surface area contributed by atoms with Gasteiger partial charge in [0.1, 0.15) is 5.75 Å². The molecule has 1 aromatic rings. The fraction of sp³-hybridized carbons (Fsp3) is 0.500. The van der Waals surface area contributed by atoms with Gasteiger partial charge < -0.3 is 14.8 Å². The molecule has 2 rings (SSSR count). The Morgan fingerprint density at radius 3 is 2.85 bits per heavy atom. The predicted octanol–water partition coefficient (Wildman–Crippen LogP) is 2.78. The Balaban J connectivity index is 1.85. The van der Waals surface area contributed by atoms with Gasteiger partial charge in [-0.2, -0.15) is 0 Å². The van der Waals surface area contributed by atoms with Gasteiger partial charge in [-0.05, 0) is 31.0 Å². The number of alkyl halides is 1. The highest BCUT2D eigenvalue weighted by Crippen LogP contribution is 2.23. The number of amides is 1. The summed E-state index contributed by atoms with van der Waals surface area (Å²) < 4.78 is 10.8. The van der Waals surface area contributed by atoms with Crippen LogP contribution >= 0.6 is 27.5 Å². The molecule has 0 spiro atoms. The zero-order valence-corrected chi connectivity index (χ0v) is 13.4. The van der Waals surface area contributed by atoms with E-state index < -0.39 is 0 Å². The second kappa shape index (κ2) is 7.29. The molecule has 0 radical (unpaired) electrons. The Morgan fingerprint density at radius 1 is 1.45 bits per heavy atom. The smallest absolute Gasteiger partial charge is 0.258 e. The number of nitrogens with one attached hydrogen (secondary N) is 1. The van der Waals surface area contributed by atoms with E-state index in [0.717, 1.165) is 12.8 Å². The number of hydrogen-bond donors (Lipinski definition) is 1. The van der Waals surface area contributed by atoms with Crippen LogP contribution in [0.25, 0.3) is 0 Å². The second-order valence-corrected chi connectivity index (χ2v) is 5.82. The van der Waals surface area contributed by atoms with Crippen LogP contribution < -0.4 is 10.1 Å². The van der Waals surface area contributed by atoms with Crippen molar-refractivity contribution in [3.05, 3.63) is 29.3 Å². The number of hydrogen-bond acceptors (Lipinski definition) is 3. The molecule has 4 nitrogen and oxygen atoms in total. The number of carbonyl (C=O) groups excluding carboxylic acids is 1. The molecule has 0 saturated carbocycles. The summed E-state index contributed by atoms with van der Waals surface area (Å²) in [7, 11) is 0. The van der Waals surface area contributed by atoms with E-state index in [-0.39, 0.29) is 18.1 Å². The van der Waals surface area contributed by atoms with Gasteiger partial charge in [0, 0.05) is 23.6 Å². The van der Waals surface area contributed by atoms with Crippen molar-refractivity contribution < 1.29 is 14.3 Å². The lowest BCUT2D eigenvalue weighted by Crippen LogP contribution is -2.54. The number of benzene rings is 1. The molecule has 0 atom stereocenters. The van der Waals surface area contributed by atoms with E-state index in [1.54, 1.807) is 24.3 Å². The number of carbonyl (C=O) groups is 1. The van der Waals surface area contributed by atoms with Gasteiger partial charge in [0.05, 0.1) is 5.54 Å². The molecule has 1 saturated heterocycles. The third-order valence-electron chi connectivity index (χ3n) is 3.28. The minimum Gasteiger partial charge on any atom is -0.484 e. The van der Waals surface area contributed by atoms with E-state index in [9.17, 15) is 4.79 Å². The molecular formula is C14H17BrClNO3. The third kappa shape index (κ3) is 4.36. The average Bonchev–Trinajstić information content (AvgIpc) is 2.46. The molecule has 0 aromatic heterocycles. The highest BCUT2D eigenvalue weighted by molar-refractivity contribution is 9.09. The molecule has 1 amide bonds. The zero-order valence-electron chi connectivity index (χ0n) is 11.0. The summed E-state index contributed by atoms with van der Waals surface area (Å²) in [6.45, 7) is 1.32. The van der Waals surface area contributed by atoms with Crippen LogP contribution in [0.1, 0.15) is 12.8 Å². The largest absolute Gasteiger partial charge is 0.484 e. The highest BCUT2D eigenvalue weighted by atomic mass is 79.9. The van der Waals surface area contributed by atoms with Gasteiger partial charge in [-0.1, -0.05) is 33.6 Å². The normalized spacial score (nSPS) is 17.5. The lowest BCUT2D eigenvalue weighted by Gasteiger charge is -2.36. The Hall–Kier alpha value is -0.780. The van der Waals surface area contributed by atoms with Crippen LogP contribution in [0.15, 0.2) is 24.3 Å². The van der Waals surface area contributed by atoms with Crippen molar-refractivity contribution in [1.82, 2.24) is 5.32 Å². The maximum atomic E-state index is 12.0. The summed E-state index contributed by atoms with van der Waals surface area (Å²) in [5, 5.41) is 4.34. The number of rotatable bonds is 5. The first kappa shape index (κ1) is 15.6. The summed E-state index contributed by atoms with van der Waals surface area (Å²) in [4.78, 5) is 12.0. The van der Waals surface area contributed by atoms with Gasteiger partial charge in [-0.25, -0.2) is 0 Å². The highest BCUT2D eigenvalue weighted by Gasteiger charge is 2.33. The summed E-state index contributed by atoms with van der Waals surface area (Å²) >= 11 is 9.33. The maximum Gasteiger partial charge on any atom is 0.258 e. The van der Waals surface area contributed by atoms with E-state index >= 15 is 0 Å². The summed E-state index contributed by atoms with van der Waals surface area (Å²) in [5.74, 6) is 0.457. The van der Waals surface area contributed by atoms with Crippen molar-refractivity contribution in [2.45, 2.75) is 18.4 Å². The summed E-state index contributed by atoms with van der Waals surface area (Å²) in [6, 6.07) is 7.00. The van der Waals surface area contributed by atoms with Gasteiger partial charge in [-0.15, -0.1) is 0 Å².